The summed E-state index contributed by atoms with van der Waals surface area (Å²) in [6.45, 7) is 0. The Morgan fingerprint density at radius 2 is 1.74 bits per heavy atom. The molecule has 1 aromatic heterocycles. The van der Waals surface area contributed by atoms with Crippen molar-refractivity contribution in [1.82, 2.24) is 10.3 Å². The van der Waals surface area contributed by atoms with E-state index in [0.29, 0.717) is 0 Å². The Morgan fingerprint density at radius 3 is 2.74 bits per heavy atom. The molecule has 3 nitrogen and oxygen atoms in total. The number of hydrogen-bond donors (Lipinski definition) is 3. The average molecular weight is 299 g/mol. The summed E-state index contributed by atoms with van der Waals surface area (Å²) < 4.78 is 0. The molecular weight excluding hydrogens is 282 g/mol. The molecule has 3 heterocycles. The van der Waals surface area contributed by atoms with Gasteiger partial charge in [0.05, 0.1) is 12.1 Å². The first-order chi connectivity index (χ1) is 11.4. The second-order valence-electron chi connectivity index (χ2n) is 6.09. The highest BCUT2D eigenvalue weighted by molar-refractivity contribution is 5.91. The molecule has 23 heavy (non-hydrogen) atoms. The van der Waals surface area contributed by atoms with Gasteiger partial charge >= 0.3 is 0 Å². The highest BCUT2D eigenvalue weighted by atomic mass is 15.0. The van der Waals surface area contributed by atoms with Crippen molar-refractivity contribution >= 4 is 28.7 Å². The van der Waals surface area contributed by atoms with E-state index >= 15 is 0 Å². The van der Waals surface area contributed by atoms with Crippen molar-refractivity contribution < 1.29 is 0 Å². The van der Waals surface area contributed by atoms with Gasteiger partial charge in [-0.25, -0.2) is 0 Å². The number of nitrogens with one attached hydrogen (secondary N) is 3. The highest BCUT2D eigenvalue weighted by Crippen LogP contribution is 2.35. The van der Waals surface area contributed by atoms with E-state index in [4.69, 9.17) is 0 Å². The summed E-state index contributed by atoms with van der Waals surface area (Å²) in [5.41, 5.74) is 6.16. The number of rotatable bonds is 1. The number of fused-ring (bicyclic) bond motifs is 4. The van der Waals surface area contributed by atoms with Crippen molar-refractivity contribution in [1.29, 1.82) is 0 Å². The maximum Gasteiger partial charge on any atom is 0.0904 e. The largest absolute Gasteiger partial charge is 0.380 e. The Labute approximate surface area is 134 Å². The van der Waals surface area contributed by atoms with E-state index < -0.39 is 0 Å². The second kappa shape index (κ2) is 4.78. The SMILES string of the molecule is C1=Cc2c([nH]c3ccccc23)C(C2C=Cc3ccccc3N2)N1. The molecule has 0 fully saturated rings. The molecule has 2 aliphatic heterocycles. The molecule has 0 saturated carbocycles. The molecule has 2 unspecified atom stereocenters. The van der Waals surface area contributed by atoms with Gasteiger partial charge in [-0.05, 0) is 30.0 Å². The van der Waals surface area contributed by atoms with Crippen molar-refractivity contribution in [2.24, 2.45) is 0 Å². The molecule has 0 bridgehead atoms. The van der Waals surface area contributed by atoms with Crippen LogP contribution in [0.15, 0.2) is 60.8 Å². The van der Waals surface area contributed by atoms with Gasteiger partial charge in [-0.2, -0.15) is 0 Å². The number of anilines is 1. The van der Waals surface area contributed by atoms with Crippen LogP contribution in [0.3, 0.4) is 0 Å². The van der Waals surface area contributed by atoms with Crippen molar-refractivity contribution in [2.45, 2.75) is 12.1 Å². The fraction of sp³-hybridized carbons (Fsp3) is 0.100. The van der Waals surface area contributed by atoms with Crippen LogP contribution in [0.25, 0.3) is 23.1 Å². The summed E-state index contributed by atoms with van der Waals surface area (Å²) in [5, 5.41) is 8.44. The van der Waals surface area contributed by atoms with Crippen LogP contribution in [0.2, 0.25) is 0 Å². The summed E-state index contributed by atoms with van der Waals surface area (Å²) in [6, 6.07) is 17.3. The quantitative estimate of drug-likeness (QED) is 0.627. The molecule has 0 amide bonds. The molecule has 2 aliphatic rings. The summed E-state index contributed by atoms with van der Waals surface area (Å²) in [6.07, 6.45) is 8.67. The lowest BCUT2D eigenvalue weighted by Gasteiger charge is -2.31. The molecule has 0 spiro atoms. The van der Waals surface area contributed by atoms with E-state index in [9.17, 15) is 0 Å². The van der Waals surface area contributed by atoms with Crippen LogP contribution >= 0.6 is 0 Å². The van der Waals surface area contributed by atoms with Gasteiger partial charge in [0.2, 0.25) is 0 Å². The van der Waals surface area contributed by atoms with Gasteiger partial charge in [-0.3, -0.25) is 0 Å². The lowest BCUT2D eigenvalue weighted by molar-refractivity contribution is 0.565. The van der Waals surface area contributed by atoms with Gasteiger partial charge < -0.3 is 15.6 Å². The number of benzene rings is 2. The van der Waals surface area contributed by atoms with Gasteiger partial charge in [-0.15, -0.1) is 0 Å². The Hall–Kier alpha value is -2.94. The predicted molar refractivity (Wildman–Crippen MR) is 96.1 cm³/mol. The predicted octanol–water partition coefficient (Wildman–Crippen LogP) is 4.29. The molecule has 5 rings (SSSR count). The van der Waals surface area contributed by atoms with E-state index in [1.165, 1.54) is 33.4 Å². The first-order valence-electron chi connectivity index (χ1n) is 7.97. The zero-order valence-electron chi connectivity index (χ0n) is 12.6. The maximum atomic E-state index is 3.65. The minimum atomic E-state index is 0.187. The van der Waals surface area contributed by atoms with Gasteiger partial charge in [0, 0.05) is 27.8 Å². The number of para-hydroxylation sites is 2. The van der Waals surface area contributed by atoms with Crippen LogP contribution in [-0.2, 0) is 0 Å². The van der Waals surface area contributed by atoms with Crippen LogP contribution in [0.5, 0.6) is 0 Å². The monoisotopic (exact) mass is 299 g/mol. The average Bonchev–Trinajstić information content (AvgIpc) is 3.00. The third kappa shape index (κ3) is 1.90. The molecule has 0 saturated heterocycles. The molecular formula is C20H17N3. The van der Waals surface area contributed by atoms with Crippen LogP contribution in [-0.4, -0.2) is 11.0 Å². The Balaban J connectivity index is 1.58. The van der Waals surface area contributed by atoms with E-state index in [0.717, 1.165) is 0 Å². The minimum absolute atomic E-state index is 0.187. The molecule has 3 aromatic rings. The van der Waals surface area contributed by atoms with E-state index in [1.54, 1.807) is 0 Å². The number of H-pyrrole nitrogens is 1. The molecule has 0 radical (unpaired) electrons. The second-order valence-corrected chi connectivity index (χ2v) is 6.09. The van der Waals surface area contributed by atoms with Gasteiger partial charge in [0.15, 0.2) is 0 Å². The number of aromatic nitrogens is 1. The Kier molecular flexibility index (Phi) is 2.62. The van der Waals surface area contributed by atoms with Crippen molar-refractivity contribution in [2.75, 3.05) is 5.32 Å². The van der Waals surface area contributed by atoms with Crippen molar-refractivity contribution in [3.8, 4) is 0 Å². The lowest BCUT2D eigenvalue weighted by Crippen LogP contribution is -2.36. The first-order valence-corrected chi connectivity index (χ1v) is 7.97. The molecule has 2 aromatic carbocycles. The molecule has 3 N–H and O–H groups in total. The fourth-order valence-electron chi connectivity index (χ4n) is 3.61. The first kappa shape index (κ1) is 12.6. The third-order valence-corrected chi connectivity index (χ3v) is 4.74. The molecule has 0 aliphatic carbocycles. The van der Waals surface area contributed by atoms with Crippen LogP contribution in [0.4, 0.5) is 5.69 Å². The number of hydrogen-bond acceptors (Lipinski definition) is 2. The fourth-order valence-corrected chi connectivity index (χ4v) is 3.61. The Morgan fingerprint density at radius 1 is 0.870 bits per heavy atom. The van der Waals surface area contributed by atoms with Gasteiger partial charge in [0.1, 0.15) is 0 Å². The normalized spacial score (nSPS) is 21.4. The zero-order valence-corrected chi connectivity index (χ0v) is 12.6. The molecule has 3 heteroatoms. The van der Waals surface area contributed by atoms with E-state index in [2.05, 4.69) is 88.6 Å². The van der Waals surface area contributed by atoms with Gasteiger partial charge in [-0.1, -0.05) is 48.6 Å². The van der Waals surface area contributed by atoms with Gasteiger partial charge in [0.25, 0.3) is 0 Å². The summed E-state index contributed by atoms with van der Waals surface area (Å²) in [7, 11) is 0. The standard InChI is InChI=1S/C20H17N3/c1-3-7-16-13(5-1)9-10-18(22-16)20-19-15(11-12-21-20)14-6-2-4-8-17(14)23-19/h1-12,18,20-23H. The summed E-state index contributed by atoms with van der Waals surface area (Å²) in [4.78, 5) is 3.60. The summed E-state index contributed by atoms with van der Waals surface area (Å²) in [5.74, 6) is 0. The molecule has 2 atom stereocenters. The third-order valence-electron chi connectivity index (χ3n) is 4.74. The maximum absolute atomic E-state index is 3.65. The topological polar surface area (TPSA) is 39.9 Å². The zero-order chi connectivity index (χ0) is 15.2. The lowest BCUT2D eigenvalue weighted by atomic mass is 9.94. The van der Waals surface area contributed by atoms with Crippen LogP contribution in [0, 0.1) is 0 Å². The van der Waals surface area contributed by atoms with Crippen molar-refractivity contribution in [3.63, 3.8) is 0 Å². The highest BCUT2D eigenvalue weighted by Gasteiger charge is 2.28. The van der Waals surface area contributed by atoms with E-state index in [1.807, 2.05) is 0 Å². The summed E-state index contributed by atoms with van der Waals surface area (Å²) >= 11 is 0. The van der Waals surface area contributed by atoms with Crippen molar-refractivity contribution in [3.05, 3.63) is 77.6 Å². The minimum Gasteiger partial charge on any atom is -0.380 e. The van der Waals surface area contributed by atoms with Crippen LogP contribution < -0.4 is 10.6 Å². The smallest absolute Gasteiger partial charge is 0.0904 e. The van der Waals surface area contributed by atoms with Crippen LogP contribution in [0.1, 0.15) is 22.9 Å². The molecule has 112 valence electrons. The van der Waals surface area contributed by atoms with E-state index in [-0.39, 0.29) is 12.1 Å². The Bertz CT molecular complexity index is 948. The number of aromatic amines is 1.